The summed E-state index contributed by atoms with van der Waals surface area (Å²) >= 11 is 6.51. The lowest BCUT2D eigenvalue weighted by molar-refractivity contribution is 0.0762. The average molecular weight is 439 g/mol. The number of ether oxygens (including phenoxy) is 1. The van der Waals surface area contributed by atoms with Gasteiger partial charge in [-0.25, -0.2) is 8.42 Å². The molecule has 0 aliphatic carbocycles. The van der Waals surface area contributed by atoms with Crippen LogP contribution in [0.4, 0.5) is 5.69 Å². The molecule has 1 unspecified atom stereocenters. The van der Waals surface area contributed by atoms with E-state index in [0.29, 0.717) is 13.1 Å². The van der Waals surface area contributed by atoms with Crippen LogP contribution in [0.15, 0.2) is 28.0 Å². The number of rotatable bonds is 5. The van der Waals surface area contributed by atoms with Crippen LogP contribution in [0.1, 0.15) is 22.8 Å². The Morgan fingerprint density at radius 1 is 1.41 bits per heavy atom. The number of morpholine rings is 1. The Morgan fingerprint density at radius 2 is 2.14 bits per heavy atom. The van der Waals surface area contributed by atoms with Gasteiger partial charge in [0.15, 0.2) is 15.9 Å². The smallest absolute Gasteiger partial charge is 0.277 e. The monoisotopic (exact) mass is 438 g/mol. The molecule has 0 spiro atoms. The largest absolute Gasteiger partial charge is 0.363 e. The highest BCUT2D eigenvalue weighted by Gasteiger charge is 2.30. The molecule has 2 aromatic rings. The van der Waals surface area contributed by atoms with Gasteiger partial charge >= 0.3 is 0 Å². The summed E-state index contributed by atoms with van der Waals surface area (Å²) < 4.78 is 31.2. The summed E-state index contributed by atoms with van der Waals surface area (Å²) in [5.74, 6) is -0.616. The highest BCUT2D eigenvalue weighted by molar-refractivity contribution is 7.90. The number of nitrogens with one attached hydrogen (secondary N) is 1. The zero-order valence-corrected chi connectivity index (χ0v) is 17.4. The number of nitriles is 1. The summed E-state index contributed by atoms with van der Waals surface area (Å²) in [5.41, 5.74) is -0.440. The minimum atomic E-state index is -3.68. The Morgan fingerprint density at radius 3 is 2.72 bits per heavy atom. The van der Waals surface area contributed by atoms with Crippen LogP contribution in [-0.2, 0) is 21.1 Å². The predicted octanol–water partition coefficient (Wildman–Crippen LogP) is 1.21. The number of aromatic nitrogens is 2. The predicted molar refractivity (Wildman–Crippen MR) is 106 cm³/mol. The molecule has 11 heteroatoms. The second-order valence-electron chi connectivity index (χ2n) is 6.55. The molecule has 154 valence electrons. The minimum absolute atomic E-state index is 0.00780. The van der Waals surface area contributed by atoms with Crippen LogP contribution in [0.5, 0.6) is 0 Å². The van der Waals surface area contributed by atoms with E-state index in [1.807, 2.05) is 6.07 Å². The van der Waals surface area contributed by atoms with Crippen LogP contribution in [0, 0.1) is 11.3 Å². The normalized spacial score (nSPS) is 17.2. The quantitative estimate of drug-likeness (QED) is 0.695. The topological polar surface area (TPSA) is 125 Å². The van der Waals surface area contributed by atoms with Crippen molar-refractivity contribution in [1.82, 2.24) is 9.78 Å². The fourth-order valence-electron chi connectivity index (χ4n) is 3.20. The van der Waals surface area contributed by atoms with E-state index in [9.17, 15) is 18.0 Å². The number of halogens is 1. The van der Waals surface area contributed by atoms with E-state index in [2.05, 4.69) is 5.10 Å². The molecule has 1 aromatic carbocycles. The molecule has 1 N–H and O–H groups in total. The van der Waals surface area contributed by atoms with E-state index >= 15 is 0 Å². The average Bonchev–Trinajstić information content (AvgIpc) is 3.07. The summed E-state index contributed by atoms with van der Waals surface area (Å²) in [6.07, 6.45) is 1.58. The molecular weight excluding hydrogens is 420 g/mol. The highest BCUT2D eigenvalue weighted by atomic mass is 35.5. The molecule has 0 amide bonds. The third-order valence-electron chi connectivity index (χ3n) is 4.65. The van der Waals surface area contributed by atoms with E-state index in [1.54, 1.807) is 11.8 Å². The molecule has 1 aliphatic heterocycles. The van der Waals surface area contributed by atoms with Gasteiger partial charge in [-0.05, 0) is 19.1 Å². The Bertz CT molecular complexity index is 1160. The number of carbonyl (C=O) groups is 1. The van der Waals surface area contributed by atoms with Crippen LogP contribution >= 0.6 is 11.6 Å². The molecule has 1 aromatic heterocycles. The van der Waals surface area contributed by atoms with Crippen LogP contribution in [-0.4, -0.2) is 56.0 Å². The molecule has 1 fully saturated rings. The summed E-state index contributed by atoms with van der Waals surface area (Å²) in [7, 11) is -3.68. The zero-order valence-electron chi connectivity index (χ0n) is 15.8. The Kier molecular flexibility index (Phi) is 5.84. The summed E-state index contributed by atoms with van der Waals surface area (Å²) in [5, 5.41) is 11.8. The number of aryl methyl sites for hydroxylation is 1. The molecule has 29 heavy (non-hydrogen) atoms. The molecule has 3 rings (SSSR count). The lowest BCUT2D eigenvalue weighted by atomic mass is 10.0. The number of anilines is 1. The summed E-state index contributed by atoms with van der Waals surface area (Å²) in [6, 6.07) is 4.59. The van der Waals surface area contributed by atoms with E-state index in [-0.39, 0.29) is 39.9 Å². The van der Waals surface area contributed by atoms with Gasteiger partial charge in [0.1, 0.15) is 5.56 Å². The van der Waals surface area contributed by atoms with Gasteiger partial charge in [-0.2, -0.15) is 5.26 Å². The number of aromatic amines is 1. The fourth-order valence-corrected chi connectivity index (χ4v) is 4.52. The van der Waals surface area contributed by atoms with Crippen molar-refractivity contribution in [2.24, 2.45) is 0 Å². The van der Waals surface area contributed by atoms with Crippen molar-refractivity contribution >= 4 is 32.9 Å². The number of ketones is 1. The number of hydrogen-bond acceptors (Lipinski definition) is 7. The first-order valence-corrected chi connectivity index (χ1v) is 11.1. The van der Waals surface area contributed by atoms with Gasteiger partial charge in [-0.1, -0.05) is 11.6 Å². The lowest BCUT2D eigenvalue weighted by Gasteiger charge is -2.33. The fraction of sp³-hybridized carbons (Fsp3) is 0.389. The van der Waals surface area contributed by atoms with E-state index in [0.717, 1.165) is 6.26 Å². The Labute approximate surface area is 172 Å². The van der Waals surface area contributed by atoms with Crippen LogP contribution in [0.2, 0.25) is 5.02 Å². The van der Waals surface area contributed by atoms with Crippen molar-refractivity contribution in [2.45, 2.75) is 24.5 Å². The molecule has 0 radical (unpaired) electrons. The maximum absolute atomic E-state index is 13.0. The molecule has 0 saturated carbocycles. The van der Waals surface area contributed by atoms with Gasteiger partial charge in [0.25, 0.3) is 5.56 Å². The van der Waals surface area contributed by atoms with Crippen LogP contribution in [0.3, 0.4) is 0 Å². The molecule has 1 aliphatic rings. The summed E-state index contributed by atoms with van der Waals surface area (Å²) in [4.78, 5) is 26.9. The van der Waals surface area contributed by atoms with Gasteiger partial charge in [-0.15, -0.1) is 0 Å². The van der Waals surface area contributed by atoms with Gasteiger partial charge in [0.05, 0.1) is 34.8 Å². The molecule has 1 saturated heterocycles. The second kappa shape index (κ2) is 8.02. The number of benzene rings is 1. The van der Waals surface area contributed by atoms with Crippen molar-refractivity contribution in [1.29, 1.82) is 5.26 Å². The molecule has 1 atom stereocenters. The number of nitrogens with zero attached hydrogens (tertiary/aromatic N) is 3. The molecular formula is C18H19ClN4O5S. The third-order valence-corrected chi connectivity index (χ3v) is 6.16. The second-order valence-corrected chi connectivity index (χ2v) is 8.91. The van der Waals surface area contributed by atoms with E-state index in [4.69, 9.17) is 21.6 Å². The van der Waals surface area contributed by atoms with E-state index < -0.39 is 27.3 Å². The summed E-state index contributed by atoms with van der Waals surface area (Å²) in [6.45, 7) is 2.71. The van der Waals surface area contributed by atoms with Crippen LogP contribution in [0.25, 0.3) is 0 Å². The standard InChI is InChI=1S/C18H19ClN4O5S/c1-3-23-18(25)13(9-21-23)17(24)12-4-5-14(29(2,26)27)16(15(12)19)22-6-7-28-11(8-20)10-22/h4-5,9,11,21H,3,6-7,10H2,1-2H3. The number of H-pyrrole nitrogens is 1. The highest BCUT2D eigenvalue weighted by Crippen LogP contribution is 2.37. The maximum Gasteiger partial charge on any atom is 0.277 e. The van der Waals surface area contributed by atoms with Crippen molar-refractivity contribution < 1.29 is 17.9 Å². The third kappa shape index (κ3) is 3.94. The first-order valence-electron chi connectivity index (χ1n) is 8.80. The van der Waals surface area contributed by atoms with Crippen molar-refractivity contribution in [3.05, 3.63) is 44.8 Å². The lowest BCUT2D eigenvalue weighted by Crippen LogP contribution is -2.42. The zero-order chi connectivity index (χ0) is 21.3. The SMILES string of the molecule is CCn1[nH]cc(C(=O)c2ccc(S(C)(=O)=O)c(N3CCOC(C#N)C3)c2Cl)c1=O. The Hall–Kier alpha value is -2.61. The van der Waals surface area contributed by atoms with Gasteiger partial charge in [0.2, 0.25) is 5.78 Å². The first-order chi connectivity index (χ1) is 13.7. The number of sulfone groups is 1. The van der Waals surface area contributed by atoms with Gasteiger partial charge in [0, 0.05) is 31.1 Å². The molecule has 0 bridgehead atoms. The Balaban J connectivity index is 2.16. The van der Waals surface area contributed by atoms with Gasteiger partial charge < -0.3 is 14.7 Å². The van der Waals surface area contributed by atoms with Crippen LogP contribution < -0.4 is 10.5 Å². The minimum Gasteiger partial charge on any atom is -0.363 e. The molecule has 9 nitrogen and oxygen atoms in total. The first kappa shape index (κ1) is 21.1. The van der Waals surface area contributed by atoms with Gasteiger partial charge in [-0.3, -0.25) is 14.3 Å². The maximum atomic E-state index is 13.0. The molecule has 2 heterocycles. The number of carbonyl (C=O) groups excluding carboxylic acids is 1. The van der Waals surface area contributed by atoms with E-state index in [1.165, 1.54) is 23.0 Å². The van der Waals surface area contributed by atoms with Crippen molar-refractivity contribution in [2.75, 3.05) is 30.9 Å². The van der Waals surface area contributed by atoms with Crippen molar-refractivity contribution in [3.63, 3.8) is 0 Å². The number of hydrogen-bond donors (Lipinski definition) is 1. The van der Waals surface area contributed by atoms with Crippen molar-refractivity contribution in [3.8, 4) is 6.07 Å².